The van der Waals surface area contributed by atoms with Crippen LogP contribution in [-0.2, 0) is 16.0 Å². The van der Waals surface area contributed by atoms with Crippen LogP contribution in [0.2, 0.25) is 0 Å². The third-order valence-corrected chi connectivity index (χ3v) is 3.65. The van der Waals surface area contributed by atoms with E-state index in [9.17, 15) is 4.79 Å². The number of carbonyl (C=O) groups excluding carboxylic acids is 1. The summed E-state index contributed by atoms with van der Waals surface area (Å²) in [4.78, 5) is 11.7. The molecule has 2 heteroatoms. The molecule has 0 amide bonds. The number of rotatable bonds is 3. The highest BCUT2D eigenvalue weighted by Gasteiger charge is 2.31. The van der Waals surface area contributed by atoms with Crippen LogP contribution >= 0.6 is 0 Å². The molecule has 0 radical (unpaired) electrons. The molecule has 1 aliphatic heterocycles. The molecule has 0 aliphatic carbocycles. The summed E-state index contributed by atoms with van der Waals surface area (Å²) in [5, 5.41) is 0. The monoisotopic (exact) mass is 232 g/mol. The van der Waals surface area contributed by atoms with Crippen LogP contribution in [0.15, 0.2) is 30.3 Å². The van der Waals surface area contributed by atoms with Gasteiger partial charge in [-0.15, -0.1) is 0 Å². The predicted molar refractivity (Wildman–Crippen MR) is 67.9 cm³/mol. The molecule has 2 nitrogen and oxygen atoms in total. The Labute approximate surface area is 103 Å². The van der Waals surface area contributed by atoms with E-state index in [4.69, 9.17) is 4.74 Å². The lowest BCUT2D eigenvalue weighted by Gasteiger charge is -2.31. The molecule has 1 heterocycles. The number of ether oxygens (including phenoxy) is 1. The van der Waals surface area contributed by atoms with E-state index in [-0.39, 0.29) is 18.1 Å². The van der Waals surface area contributed by atoms with Gasteiger partial charge in [0.2, 0.25) is 0 Å². The van der Waals surface area contributed by atoms with Crippen LogP contribution in [0.1, 0.15) is 32.3 Å². The molecule has 1 fully saturated rings. The number of carbonyl (C=O) groups is 1. The zero-order valence-electron chi connectivity index (χ0n) is 10.6. The second-order valence-electron chi connectivity index (χ2n) is 4.95. The SMILES string of the molecule is C[C@H]1O[C@@H](CCc2ccccc2)CC(=O)[C@@H]1C. The molecule has 3 atom stereocenters. The number of hydrogen-bond acceptors (Lipinski definition) is 2. The average molecular weight is 232 g/mol. The first-order valence-electron chi connectivity index (χ1n) is 6.39. The van der Waals surface area contributed by atoms with Crippen molar-refractivity contribution in [1.29, 1.82) is 0 Å². The van der Waals surface area contributed by atoms with Crippen molar-refractivity contribution in [3.8, 4) is 0 Å². The van der Waals surface area contributed by atoms with Crippen molar-refractivity contribution < 1.29 is 9.53 Å². The molecule has 0 spiro atoms. The summed E-state index contributed by atoms with van der Waals surface area (Å²) in [5.74, 6) is 0.407. The Kier molecular flexibility index (Phi) is 3.95. The van der Waals surface area contributed by atoms with Gasteiger partial charge in [-0.05, 0) is 25.3 Å². The Hall–Kier alpha value is -1.15. The largest absolute Gasteiger partial charge is 0.374 e. The summed E-state index contributed by atoms with van der Waals surface area (Å²) in [6.45, 7) is 3.96. The van der Waals surface area contributed by atoms with Gasteiger partial charge in [-0.1, -0.05) is 37.3 Å². The van der Waals surface area contributed by atoms with Gasteiger partial charge in [0.1, 0.15) is 5.78 Å². The smallest absolute Gasteiger partial charge is 0.140 e. The lowest BCUT2D eigenvalue weighted by atomic mass is 9.91. The molecule has 1 aromatic rings. The summed E-state index contributed by atoms with van der Waals surface area (Å²) in [6.07, 6.45) is 2.68. The second-order valence-corrected chi connectivity index (χ2v) is 4.95. The standard InChI is InChI=1S/C15H20O2/c1-11-12(2)17-14(10-15(11)16)9-8-13-6-4-3-5-7-13/h3-7,11-12,14H,8-10H2,1-2H3/t11-,12-,14+/m1/s1. The van der Waals surface area contributed by atoms with Gasteiger partial charge in [-0.2, -0.15) is 0 Å². The number of Topliss-reactive ketones (excluding diaryl/α,β-unsaturated/α-hetero) is 1. The summed E-state index contributed by atoms with van der Waals surface area (Å²) in [6, 6.07) is 10.4. The maximum atomic E-state index is 11.7. The molecule has 0 aromatic heterocycles. The van der Waals surface area contributed by atoms with Gasteiger partial charge in [0.25, 0.3) is 0 Å². The van der Waals surface area contributed by atoms with E-state index in [1.807, 2.05) is 32.0 Å². The van der Waals surface area contributed by atoms with E-state index in [2.05, 4.69) is 12.1 Å². The molecular weight excluding hydrogens is 212 g/mol. The predicted octanol–water partition coefficient (Wildman–Crippen LogP) is 3.00. The van der Waals surface area contributed by atoms with Crippen LogP contribution in [0.5, 0.6) is 0 Å². The van der Waals surface area contributed by atoms with Crippen LogP contribution < -0.4 is 0 Å². The fraction of sp³-hybridized carbons (Fsp3) is 0.533. The topological polar surface area (TPSA) is 26.3 Å². The normalized spacial score (nSPS) is 29.3. The minimum atomic E-state index is 0.0583. The van der Waals surface area contributed by atoms with Crippen molar-refractivity contribution in [3.63, 3.8) is 0 Å². The zero-order valence-corrected chi connectivity index (χ0v) is 10.6. The fourth-order valence-electron chi connectivity index (χ4n) is 2.28. The minimum absolute atomic E-state index is 0.0583. The van der Waals surface area contributed by atoms with Crippen molar-refractivity contribution in [2.45, 2.75) is 45.3 Å². The van der Waals surface area contributed by atoms with E-state index >= 15 is 0 Å². The number of aryl methyl sites for hydroxylation is 1. The Morgan fingerprint density at radius 2 is 1.94 bits per heavy atom. The first-order valence-corrected chi connectivity index (χ1v) is 6.39. The first kappa shape index (κ1) is 12.3. The Bertz CT molecular complexity index is 372. The molecule has 0 saturated carbocycles. The van der Waals surface area contributed by atoms with E-state index < -0.39 is 0 Å². The quantitative estimate of drug-likeness (QED) is 0.800. The molecule has 92 valence electrons. The number of ketones is 1. The zero-order chi connectivity index (χ0) is 12.3. The van der Waals surface area contributed by atoms with Gasteiger partial charge in [-0.25, -0.2) is 0 Å². The Balaban J connectivity index is 1.86. The second kappa shape index (κ2) is 5.46. The summed E-state index contributed by atoms with van der Waals surface area (Å²) in [5.41, 5.74) is 1.31. The van der Waals surface area contributed by atoms with Crippen molar-refractivity contribution in [2.75, 3.05) is 0 Å². The van der Waals surface area contributed by atoms with E-state index in [1.54, 1.807) is 0 Å². The summed E-state index contributed by atoms with van der Waals surface area (Å²) in [7, 11) is 0. The lowest BCUT2D eigenvalue weighted by molar-refractivity contribution is -0.143. The molecule has 1 saturated heterocycles. The fourth-order valence-corrected chi connectivity index (χ4v) is 2.28. The number of hydrogen-bond donors (Lipinski definition) is 0. The molecule has 0 N–H and O–H groups in total. The van der Waals surface area contributed by atoms with Crippen LogP contribution in [0.4, 0.5) is 0 Å². The van der Waals surface area contributed by atoms with E-state index in [1.165, 1.54) is 5.56 Å². The highest BCUT2D eigenvalue weighted by molar-refractivity contribution is 5.82. The third-order valence-electron chi connectivity index (χ3n) is 3.65. The van der Waals surface area contributed by atoms with Gasteiger partial charge < -0.3 is 4.74 Å². The van der Waals surface area contributed by atoms with Crippen LogP contribution in [0.25, 0.3) is 0 Å². The summed E-state index contributed by atoms with van der Waals surface area (Å²) < 4.78 is 5.87. The Morgan fingerprint density at radius 3 is 2.59 bits per heavy atom. The van der Waals surface area contributed by atoms with Gasteiger partial charge >= 0.3 is 0 Å². The van der Waals surface area contributed by atoms with Gasteiger partial charge in [0.05, 0.1) is 12.2 Å². The highest BCUT2D eigenvalue weighted by atomic mass is 16.5. The van der Waals surface area contributed by atoms with Crippen LogP contribution in [-0.4, -0.2) is 18.0 Å². The number of benzene rings is 1. The highest BCUT2D eigenvalue weighted by Crippen LogP contribution is 2.24. The van der Waals surface area contributed by atoms with Gasteiger partial charge in [0, 0.05) is 12.3 Å². The molecule has 1 aromatic carbocycles. The molecule has 17 heavy (non-hydrogen) atoms. The van der Waals surface area contributed by atoms with Crippen molar-refractivity contribution in [2.24, 2.45) is 5.92 Å². The van der Waals surface area contributed by atoms with Crippen LogP contribution in [0.3, 0.4) is 0 Å². The average Bonchev–Trinajstić information content (AvgIpc) is 2.34. The molecule has 0 unspecified atom stereocenters. The Morgan fingerprint density at radius 1 is 1.24 bits per heavy atom. The van der Waals surface area contributed by atoms with Crippen LogP contribution in [0, 0.1) is 5.92 Å². The molecular formula is C15H20O2. The maximum Gasteiger partial charge on any atom is 0.140 e. The summed E-state index contributed by atoms with van der Waals surface area (Å²) >= 11 is 0. The first-order chi connectivity index (χ1) is 8.16. The third kappa shape index (κ3) is 3.16. The molecule has 1 aliphatic rings. The van der Waals surface area contributed by atoms with E-state index in [0.717, 1.165) is 12.8 Å². The lowest BCUT2D eigenvalue weighted by Crippen LogP contribution is -2.38. The van der Waals surface area contributed by atoms with Gasteiger partial charge in [-0.3, -0.25) is 4.79 Å². The maximum absolute atomic E-state index is 11.7. The molecule has 2 rings (SSSR count). The van der Waals surface area contributed by atoms with Gasteiger partial charge in [0.15, 0.2) is 0 Å². The van der Waals surface area contributed by atoms with Crippen molar-refractivity contribution in [3.05, 3.63) is 35.9 Å². The molecule has 0 bridgehead atoms. The van der Waals surface area contributed by atoms with Crippen molar-refractivity contribution in [1.82, 2.24) is 0 Å². The minimum Gasteiger partial charge on any atom is -0.374 e. The van der Waals surface area contributed by atoms with E-state index in [0.29, 0.717) is 12.2 Å². The van der Waals surface area contributed by atoms with Crippen molar-refractivity contribution >= 4 is 5.78 Å².